The van der Waals surface area contributed by atoms with Gasteiger partial charge in [-0.1, -0.05) is 35.5 Å². The van der Waals surface area contributed by atoms with Gasteiger partial charge < -0.3 is 14.5 Å². The third-order valence-corrected chi connectivity index (χ3v) is 5.12. The third kappa shape index (κ3) is 5.85. The SMILES string of the molecule is CCOc1ccccc1-c1nnc(SCC(=O)NCCC2=CCCCC2)o1. The summed E-state index contributed by atoms with van der Waals surface area (Å²) in [6.07, 6.45) is 8.14. The van der Waals surface area contributed by atoms with Gasteiger partial charge in [0.2, 0.25) is 5.91 Å². The van der Waals surface area contributed by atoms with Crippen LogP contribution in [0.4, 0.5) is 0 Å². The summed E-state index contributed by atoms with van der Waals surface area (Å²) in [5, 5.41) is 11.4. The summed E-state index contributed by atoms with van der Waals surface area (Å²) in [7, 11) is 0. The van der Waals surface area contributed by atoms with E-state index in [4.69, 9.17) is 9.15 Å². The number of amides is 1. The van der Waals surface area contributed by atoms with Crippen molar-refractivity contribution in [3.05, 3.63) is 35.9 Å². The van der Waals surface area contributed by atoms with E-state index in [1.54, 1.807) is 0 Å². The van der Waals surface area contributed by atoms with Crippen molar-refractivity contribution >= 4 is 17.7 Å². The fraction of sp³-hybridized carbons (Fsp3) is 0.450. The molecule has 3 rings (SSSR count). The molecule has 1 amide bonds. The molecule has 2 aromatic rings. The number of carbonyl (C=O) groups is 1. The van der Waals surface area contributed by atoms with Gasteiger partial charge in [-0.2, -0.15) is 0 Å². The Hall–Kier alpha value is -2.28. The molecule has 7 heteroatoms. The largest absolute Gasteiger partial charge is 0.493 e. The summed E-state index contributed by atoms with van der Waals surface area (Å²) in [4.78, 5) is 12.0. The first-order chi connectivity index (χ1) is 13.3. The Labute approximate surface area is 163 Å². The van der Waals surface area contributed by atoms with Crippen LogP contribution < -0.4 is 10.1 Å². The van der Waals surface area contributed by atoms with Gasteiger partial charge in [0.15, 0.2) is 0 Å². The van der Waals surface area contributed by atoms with E-state index in [-0.39, 0.29) is 11.7 Å². The second kappa shape index (κ2) is 10.2. The number of thioether (sulfide) groups is 1. The van der Waals surface area contributed by atoms with Gasteiger partial charge in [-0.3, -0.25) is 4.79 Å². The number of hydrogen-bond acceptors (Lipinski definition) is 6. The molecule has 0 atom stereocenters. The zero-order valence-corrected chi connectivity index (χ0v) is 16.4. The Morgan fingerprint density at radius 1 is 1.30 bits per heavy atom. The number of allylic oxidation sites excluding steroid dienone is 1. The average molecular weight is 388 g/mol. The van der Waals surface area contributed by atoms with Gasteiger partial charge in [0.1, 0.15) is 5.75 Å². The molecule has 1 aliphatic rings. The van der Waals surface area contributed by atoms with Crippen molar-refractivity contribution < 1.29 is 13.9 Å². The van der Waals surface area contributed by atoms with Gasteiger partial charge in [0, 0.05) is 6.54 Å². The Bertz CT molecular complexity index is 788. The summed E-state index contributed by atoms with van der Waals surface area (Å²) in [6.45, 7) is 3.17. The first kappa shape index (κ1) is 19.5. The van der Waals surface area contributed by atoms with Crippen LogP contribution >= 0.6 is 11.8 Å². The van der Waals surface area contributed by atoms with Crippen LogP contribution in [0.5, 0.6) is 5.75 Å². The Kier molecular flexibility index (Phi) is 7.33. The number of carbonyl (C=O) groups excluding carboxylic acids is 1. The predicted octanol–water partition coefficient (Wildman–Crippen LogP) is 4.23. The molecule has 0 saturated heterocycles. The molecule has 1 heterocycles. The molecule has 0 aliphatic heterocycles. The Balaban J connectivity index is 1.46. The van der Waals surface area contributed by atoms with E-state index < -0.39 is 0 Å². The van der Waals surface area contributed by atoms with Crippen LogP contribution in [0.1, 0.15) is 39.0 Å². The lowest BCUT2D eigenvalue weighted by atomic mass is 9.97. The maximum Gasteiger partial charge on any atom is 0.277 e. The zero-order valence-electron chi connectivity index (χ0n) is 15.6. The quantitative estimate of drug-likeness (QED) is 0.512. The van der Waals surface area contributed by atoms with Crippen molar-refractivity contribution in [1.82, 2.24) is 15.5 Å². The van der Waals surface area contributed by atoms with E-state index in [2.05, 4.69) is 21.6 Å². The highest BCUT2D eigenvalue weighted by Gasteiger charge is 2.14. The molecule has 6 nitrogen and oxygen atoms in total. The van der Waals surface area contributed by atoms with Gasteiger partial charge in [0.05, 0.1) is 17.9 Å². The molecule has 27 heavy (non-hydrogen) atoms. The lowest BCUT2D eigenvalue weighted by Gasteiger charge is -2.12. The molecule has 0 fully saturated rings. The fourth-order valence-electron chi connectivity index (χ4n) is 2.97. The molecule has 0 saturated carbocycles. The minimum absolute atomic E-state index is 0.0223. The van der Waals surface area contributed by atoms with Crippen molar-refractivity contribution in [1.29, 1.82) is 0 Å². The van der Waals surface area contributed by atoms with E-state index in [1.807, 2.05) is 31.2 Å². The summed E-state index contributed by atoms with van der Waals surface area (Å²) >= 11 is 1.24. The highest BCUT2D eigenvalue weighted by atomic mass is 32.2. The van der Waals surface area contributed by atoms with Gasteiger partial charge in [-0.15, -0.1) is 10.2 Å². The third-order valence-electron chi connectivity index (χ3n) is 4.30. The molecule has 1 aromatic heterocycles. The summed E-state index contributed by atoms with van der Waals surface area (Å²) in [5.74, 6) is 1.33. The molecule has 1 aromatic carbocycles. The van der Waals surface area contributed by atoms with Crippen LogP contribution in [0.2, 0.25) is 0 Å². The molecular formula is C20H25N3O3S. The predicted molar refractivity (Wildman–Crippen MR) is 106 cm³/mol. The number of para-hydroxylation sites is 1. The lowest BCUT2D eigenvalue weighted by molar-refractivity contribution is -0.118. The van der Waals surface area contributed by atoms with Crippen LogP contribution in [0.15, 0.2) is 45.6 Å². The molecule has 0 radical (unpaired) electrons. The number of ether oxygens (including phenoxy) is 1. The van der Waals surface area contributed by atoms with Crippen LogP contribution in [0, 0.1) is 0 Å². The Morgan fingerprint density at radius 3 is 3.00 bits per heavy atom. The highest BCUT2D eigenvalue weighted by Crippen LogP contribution is 2.30. The second-order valence-corrected chi connectivity index (χ2v) is 7.23. The lowest BCUT2D eigenvalue weighted by Crippen LogP contribution is -2.26. The van der Waals surface area contributed by atoms with E-state index >= 15 is 0 Å². The van der Waals surface area contributed by atoms with Gasteiger partial charge in [-0.05, 0) is 51.2 Å². The second-order valence-electron chi connectivity index (χ2n) is 6.30. The van der Waals surface area contributed by atoms with Crippen LogP contribution in [-0.4, -0.2) is 35.0 Å². The van der Waals surface area contributed by atoms with Crippen LogP contribution in [0.25, 0.3) is 11.5 Å². The number of nitrogens with one attached hydrogen (secondary N) is 1. The smallest absolute Gasteiger partial charge is 0.277 e. The highest BCUT2D eigenvalue weighted by molar-refractivity contribution is 7.99. The van der Waals surface area contributed by atoms with E-state index in [0.29, 0.717) is 30.0 Å². The number of nitrogens with zero attached hydrogens (tertiary/aromatic N) is 2. The maximum absolute atomic E-state index is 12.0. The molecule has 1 N–H and O–H groups in total. The minimum atomic E-state index is -0.0223. The molecule has 0 unspecified atom stereocenters. The van der Waals surface area contributed by atoms with E-state index in [0.717, 1.165) is 12.0 Å². The Morgan fingerprint density at radius 2 is 2.19 bits per heavy atom. The first-order valence-electron chi connectivity index (χ1n) is 9.39. The van der Waals surface area contributed by atoms with Crippen molar-refractivity contribution in [2.75, 3.05) is 18.9 Å². The average Bonchev–Trinajstić information content (AvgIpc) is 3.17. The standard InChI is InChI=1S/C20H25N3O3S/c1-2-25-17-11-7-6-10-16(17)19-22-23-20(26-19)27-14-18(24)21-13-12-15-8-4-3-5-9-15/h6-8,10-11H,2-5,9,12-14H2,1H3,(H,21,24). The van der Waals surface area contributed by atoms with Crippen LogP contribution in [-0.2, 0) is 4.79 Å². The zero-order chi connectivity index (χ0) is 18.9. The van der Waals surface area contributed by atoms with Gasteiger partial charge >= 0.3 is 0 Å². The normalized spacial score (nSPS) is 13.9. The summed E-state index contributed by atoms with van der Waals surface area (Å²) in [6, 6.07) is 7.53. The first-order valence-corrected chi connectivity index (χ1v) is 10.4. The number of benzene rings is 1. The number of aromatic nitrogens is 2. The topological polar surface area (TPSA) is 77.2 Å². The number of hydrogen-bond donors (Lipinski definition) is 1. The summed E-state index contributed by atoms with van der Waals surface area (Å²) < 4.78 is 11.3. The van der Waals surface area contributed by atoms with Crippen molar-refractivity contribution in [2.45, 2.75) is 44.3 Å². The van der Waals surface area contributed by atoms with Gasteiger partial charge in [0.25, 0.3) is 11.1 Å². The molecular weight excluding hydrogens is 362 g/mol. The molecule has 1 aliphatic carbocycles. The monoisotopic (exact) mass is 387 g/mol. The summed E-state index contributed by atoms with van der Waals surface area (Å²) in [5.41, 5.74) is 2.22. The van der Waals surface area contributed by atoms with Crippen molar-refractivity contribution in [3.8, 4) is 17.2 Å². The van der Waals surface area contributed by atoms with Crippen molar-refractivity contribution in [2.24, 2.45) is 0 Å². The molecule has 0 spiro atoms. The minimum Gasteiger partial charge on any atom is -0.493 e. The van der Waals surface area contributed by atoms with E-state index in [1.165, 1.54) is 43.0 Å². The molecule has 0 bridgehead atoms. The fourth-order valence-corrected chi connectivity index (χ4v) is 3.57. The molecule has 144 valence electrons. The maximum atomic E-state index is 12.0. The number of rotatable bonds is 9. The van der Waals surface area contributed by atoms with Gasteiger partial charge in [-0.25, -0.2) is 0 Å². The van der Waals surface area contributed by atoms with E-state index in [9.17, 15) is 4.79 Å². The van der Waals surface area contributed by atoms with Crippen molar-refractivity contribution in [3.63, 3.8) is 0 Å². The van der Waals surface area contributed by atoms with Crippen LogP contribution in [0.3, 0.4) is 0 Å².